The molecule has 0 bridgehead atoms. The molecular weight excluding hydrogens is 357 g/mol. The molecule has 0 atom stereocenters. The lowest BCUT2D eigenvalue weighted by atomic mass is 10.2. The Kier molecular flexibility index (Phi) is 5.75. The highest BCUT2D eigenvalue weighted by molar-refractivity contribution is 7.88. The summed E-state index contributed by atoms with van der Waals surface area (Å²) in [5.41, 5.74) is 1.39. The van der Waals surface area contributed by atoms with Crippen LogP contribution in [-0.4, -0.2) is 25.1 Å². The Bertz CT molecular complexity index is 941. The molecule has 136 valence electrons. The average molecular weight is 375 g/mol. The van der Waals surface area contributed by atoms with Crippen LogP contribution >= 0.6 is 0 Å². The normalized spacial score (nSPS) is 11.6. The lowest BCUT2D eigenvalue weighted by Gasteiger charge is -2.06. The van der Waals surface area contributed by atoms with Gasteiger partial charge in [-0.3, -0.25) is 0 Å². The summed E-state index contributed by atoms with van der Waals surface area (Å²) in [4.78, 5) is 4.30. The first-order valence-electron chi connectivity index (χ1n) is 8.12. The molecule has 3 rings (SSSR count). The summed E-state index contributed by atoms with van der Waals surface area (Å²) in [6.07, 6.45) is 0.998. The number of hydrogen-bond acceptors (Lipinski definition) is 5. The minimum absolute atomic E-state index is 0.188. The number of aryl methyl sites for hydroxylation is 1. The van der Waals surface area contributed by atoms with Crippen molar-refractivity contribution in [3.63, 3.8) is 0 Å². The quantitative estimate of drug-likeness (QED) is 0.612. The molecule has 3 aromatic rings. The molecule has 6 nitrogen and oxygen atoms in total. The Balaban J connectivity index is 1.46. The van der Waals surface area contributed by atoms with E-state index in [1.807, 2.05) is 30.3 Å². The van der Waals surface area contributed by atoms with Crippen molar-refractivity contribution in [2.24, 2.45) is 0 Å². The number of hydrogen-bond donors (Lipinski definition) is 1. The van der Waals surface area contributed by atoms with Gasteiger partial charge in [0.05, 0.1) is 5.75 Å². The van der Waals surface area contributed by atoms with Gasteiger partial charge in [0, 0.05) is 18.5 Å². The summed E-state index contributed by atoms with van der Waals surface area (Å²) < 4.78 is 44.6. The Morgan fingerprint density at radius 1 is 1.04 bits per heavy atom. The Hall–Kier alpha value is -2.58. The molecule has 1 heterocycles. The van der Waals surface area contributed by atoms with Crippen LogP contribution in [0.1, 0.15) is 17.9 Å². The van der Waals surface area contributed by atoms with E-state index in [0.29, 0.717) is 30.1 Å². The second kappa shape index (κ2) is 8.20. The van der Waals surface area contributed by atoms with Gasteiger partial charge in [-0.05, 0) is 24.1 Å². The molecule has 0 unspecified atom stereocenters. The standard InChI is InChI=1S/C18H18FN3O3S/c19-16-10-8-14(9-11-16)13-26(23,24)20-12-4-7-17-21-18(22-25-17)15-5-2-1-3-6-15/h1-3,5-6,8-11,20H,4,7,12-13H2. The molecule has 0 amide bonds. The van der Waals surface area contributed by atoms with E-state index in [1.165, 1.54) is 24.3 Å². The van der Waals surface area contributed by atoms with Crippen molar-refractivity contribution >= 4 is 10.0 Å². The molecule has 1 N–H and O–H groups in total. The van der Waals surface area contributed by atoms with Crippen molar-refractivity contribution in [2.45, 2.75) is 18.6 Å². The van der Waals surface area contributed by atoms with Gasteiger partial charge in [-0.1, -0.05) is 47.6 Å². The summed E-state index contributed by atoms with van der Waals surface area (Å²) >= 11 is 0. The largest absolute Gasteiger partial charge is 0.339 e. The van der Waals surface area contributed by atoms with Crippen molar-refractivity contribution in [2.75, 3.05) is 6.54 Å². The van der Waals surface area contributed by atoms with Crippen LogP contribution in [0.15, 0.2) is 59.1 Å². The lowest BCUT2D eigenvalue weighted by Crippen LogP contribution is -2.26. The SMILES string of the molecule is O=S(=O)(Cc1ccc(F)cc1)NCCCc1nc(-c2ccccc2)no1. The van der Waals surface area contributed by atoms with Gasteiger partial charge in [-0.25, -0.2) is 17.5 Å². The van der Waals surface area contributed by atoms with Crippen LogP contribution in [0.25, 0.3) is 11.4 Å². The predicted octanol–water partition coefficient (Wildman–Crippen LogP) is 2.93. The molecule has 0 saturated carbocycles. The first-order valence-corrected chi connectivity index (χ1v) is 9.77. The number of aromatic nitrogens is 2. The molecule has 0 aliphatic heterocycles. The molecule has 0 spiro atoms. The van der Waals surface area contributed by atoms with Crippen molar-refractivity contribution in [3.05, 3.63) is 71.9 Å². The van der Waals surface area contributed by atoms with Crippen LogP contribution in [0.2, 0.25) is 0 Å². The summed E-state index contributed by atoms with van der Waals surface area (Å²) in [5.74, 6) is 0.388. The average Bonchev–Trinajstić information content (AvgIpc) is 3.10. The molecule has 8 heteroatoms. The van der Waals surface area contributed by atoms with Crippen LogP contribution in [0.5, 0.6) is 0 Å². The molecule has 1 aromatic heterocycles. The highest BCUT2D eigenvalue weighted by atomic mass is 32.2. The van der Waals surface area contributed by atoms with Gasteiger partial charge in [-0.15, -0.1) is 0 Å². The second-order valence-corrected chi connectivity index (χ2v) is 7.57. The Labute approximate surface area is 151 Å². The van der Waals surface area contributed by atoms with Gasteiger partial charge in [0.1, 0.15) is 5.82 Å². The van der Waals surface area contributed by atoms with Crippen molar-refractivity contribution in [1.82, 2.24) is 14.9 Å². The molecule has 0 fully saturated rings. The Morgan fingerprint density at radius 2 is 1.77 bits per heavy atom. The number of nitrogens with zero attached hydrogens (tertiary/aromatic N) is 2. The van der Waals surface area contributed by atoms with E-state index in [9.17, 15) is 12.8 Å². The summed E-state index contributed by atoms with van der Waals surface area (Å²) in [6, 6.07) is 14.9. The monoisotopic (exact) mass is 375 g/mol. The zero-order valence-electron chi connectivity index (χ0n) is 13.9. The first kappa shape index (κ1) is 18.2. The number of halogens is 1. The second-order valence-electron chi connectivity index (χ2n) is 5.76. The molecule has 0 radical (unpaired) electrons. The third kappa shape index (κ3) is 5.21. The van der Waals surface area contributed by atoms with Crippen LogP contribution in [0, 0.1) is 5.82 Å². The molecule has 2 aromatic carbocycles. The van der Waals surface area contributed by atoms with Gasteiger partial charge < -0.3 is 4.52 Å². The fraction of sp³-hybridized carbons (Fsp3) is 0.222. The highest BCUT2D eigenvalue weighted by Gasteiger charge is 2.12. The van der Waals surface area contributed by atoms with Crippen LogP contribution in [-0.2, 0) is 22.2 Å². The zero-order valence-corrected chi connectivity index (χ0v) is 14.7. The predicted molar refractivity (Wildman–Crippen MR) is 95.1 cm³/mol. The molecule has 0 aliphatic carbocycles. The number of benzene rings is 2. The van der Waals surface area contributed by atoms with Crippen LogP contribution in [0.4, 0.5) is 4.39 Å². The third-order valence-electron chi connectivity index (χ3n) is 3.66. The Morgan fingerprint density at radius 3 is 2.50 bits per heavy atom. The molecule has 0 aliphatic rings. The molecule has 0 saturated heterocycles. The zero-order chi connectivity index (χ0) is 18.4. The number of sulfonamides is 1. The van der Waals surface area contributed by atoms with Crippen LogP contribution in [0.3, 0.4) is 0 Å². The summed E-state index contributed by atoms with van der Waals surface area (Å²) in [5, 5.41) is 3.92. The van der Waals surface area contributed by atoms with Crippen LogP contribution < -0.4 is 4.72 Å². The van der Waals surface area contributed by atoms with Gasteiger partial charge in [0.25, 0.3) is 0 Å². The van der Waals surface area contributed by atoms with Gasteiger partial charge in [0.15, 0.2) is 0 Å². The van der Waals surface area contributed by atoms with Crippen molar-refractivity contribution in [1.29, 1.82) is 0 Å². The fourth-order valence-corrected chi connectivity index (χ4v) is 3.57. The maximum Gasteiger partial charge on any atom is 0.227 e. The minimum atomic E-state index is -3.48. The maximum absolute atomic E-state index is 12.9. The van der Waals surface area contributed by atoms with E-state index < -0.39 is 15.8 Å². The molecule has 26 heavy (non-hydrogen) atoms. The number of rotatable bonds is 8. The summed E-state index contributed by atoms with van der Waals surface area (Å²) in [7, 11) is -3.48. The lowest BCUT2D eigenvalue weighted by molar-refractivity contribution is 0.376. The first-order chi connectivity index (χ1) is 12.5. The van der Waals surface area contributed by atoms with E-state index >= 15 is 0 Å². The van der Waals surface area contributed by atoms with E-state index in [2.05, 4.69) is 14.9 Å². The third-order valence-corrected chi connectivity index (χ3v) is 5.02. The summed E-state index contributed by atoms with van der Waals surface area (Å²) in [6.45, 7) is 0.257. The van der Waals surface area contributed by atoms with Crippen molar-refractivity contribution in [3.8, 4) is 11.4 Å². The maximum atomic E-state index is 12.9. The fourth-order valence-electron chi connectivity index (χ4n) is 2.38. The highest BCUT2D eigenvalue weighted by Crippen LogP contribution is 2.15. The van der Waals surface area contributed by atoms with E-state index in [0.717, 1.165) is 5.56 Å². The smallest absolute Gasteiger partial charge is 0.227 e. The van der Waals surface area contributed by atoms with Gasteiger partial charge in [-0.2, -0.15) is 4.98 Å². The van der Waals surface area contributed by atoms with E-state index in [4.69, 9.17) is 4.52 Å². The van der Waals surface area contributed by atoms with Gasteiger partial charge in [0.2, 0.25) is 21.7 Å². The molecular formula is C18H18FN3O3S. The van der Waals surface area contributed by atoms with E-state index in [-0.39, 0.29) is 12.3 Å². The topological polar surface area (TPSA) is 85.1 Å². The minimum Gasteiger partial charge on any atom is -0.339 e. The van der Waals surface area contributed by atoms with Gasteiger partial charge >= 0.3 is 0 Å². The van der Waals surface area contributed by atoms with Crippen molar-refractivity contribution < 1.29 is 17.3 Å². The van der Waals surface area contributed by atoms with E-state index in [1.54, 1.807) is 0 Å². The number of nitrogens with one attached hydrogen (secondary N) is 1.